The first-order valence-corrected chi connectivity index (χ1v) is 9.11. The molecule has 0 spiro atoms. The van der Waals surface area contributed by atoms with Crippen LogP contribution in [-0.2, 0) is 10.5 Å². The van der Waals surface area contributed by atoms with Crippen LogP contribution in [0.25, 0.3) is 10.9 Å². The molecule has 0 aliphatic rings. The zero-order valence-corrected chi connectivity index (χ0v) is 15.2. The van der Waals surface area contributed by atoms with Gasteiger partial charge in [0.1, 0.15) is 11.4 Å². The number of phenolic OH excluding ortho intramolecular Hbond substituents is 1. The van der Waals surface area contributed by atoms with Crippen LogP contribution >= 0.6 is 11.8 Å². The predicted molar refractivity (Wildman–Crippen MR) is 103 cm³/mol. The highest BCUT2D eigenvalue weighted by atomic mass is 32.2. The Labute approximate surface area is 158 Å². The molecule has 27 heavy (non-hydrogen) atoms. The fraction of sp³-hybridized carbons (Fsp3) is 0.167. The second-order valence-electron chi connectivity index (χ2n) is 5.58. The Balaban J connectivity index is 2.03. The number of rotatable bonds is 7. The lowest BCUT2D eigenvalue weighted by Crippen LogP contribution is -2.08. The van der Waals surface area contributed by atoms with E-state index >= 15 is 0 Å². The molecule has 0 aliphatic carbocycles. The molecule has 3 N–H and O–H groups in total. The van der Waals surface area contributed by atoms with Crippen molar-refractivity contribution < 1.29 is 19.7 Å². The molecular weight excluding hydrogens is 370 g/mol. The van der Waals surface area contributed by atoms with Crippen LogP contribution in [-0.4, -0.2) is 27.7 Å². The number of anilines is 1. The van der Waals surface area contributed by atoms with E-state index in [2.05, 4.69) is 4.98 Å². The number of carbonyl (C=O) groups is 1. The predicted octanol–water partition coefficient (Wildman–Crippen LogP) is 3.95. The van der Waals surface area contributed by atoms with Gasteiger partial charge in [-0.25, -0.2) is 14.9 Å². The molecule has 140 valence electrons. The smallest absolute Gasteiger partial charge is 0.340 e. The number of nitrogens with zero attached hydrogens (tertiary/aromatic N) is 1. The molecule has 0 aliphatic heterocycles. The Morgan fingerprint density at radius 2 is 2.07 bits per heavy atom. The number of hydrogen-bond acceptors (Lipinski definition) is 6. The number of thioether (sulfide) groups is 1. The largest absolute Gasteiger partial charge is 0.506 e. The summed E-state index contributed by atoms with van der Waals surface area (Å²) in [6.07, 6.45) is 0. The number of nitrogens with one attached hydrogen (secondary N) is 2. The molecule has 0 bridgehead atoms. The van der Waals surface area contributed by atoms with Crippen molar-refractivity contribution >= 4 is 34.3 Å². The highest BCUT2D eigenvalue weighted by Crippen LogP contribution is 2.35. The van der Waals surface area contributed by atoms with Crippen molar-refractivity contribution in [3.63, 3.8) is 0 Å². The lowest BCUT2D eigenvalue weighted by atomic mass is 10.1. The number of phenols is 1. The summed E-state index contributed by atoms with van der Waals surface area (Å²) >= 11 is 1.53. The minimum atomic E-state index is -0.762. The number of fused-ring (bicyclic) bond motifs is 1. The van der Waals surface area contributed by atoms with E-state index in [1.807, 2.05) is 35.8 Å². The summed E-state index contributed by atoms with van der Waals surface area (Å²) < 4.78 is 5.15. The molecule has 8 nitrogen and oxygen atoms in total. The van der Waals surface area contributed by atoms with Gasteiger partial charge in [0.25, 0.3) is 0 Å². The lowest BCUT2D eigenvalue weighted by molar-refractivity contribution is -0.445. The third-order valence-corrected chi connectivity index (χ3v) is 4.85. The summed E-state index contributed by atoms with van der Waals surface area (Å²) in [6, 6.07) is 12.4. The number of benzene rings is 2. The fourth-order valence-corrected chi connectivity index (χ4v) is 3.57. The van der Waals surface area contributed by atoms with Crippen LogP contribution in [0.3, 0.4) is 0 Å². The summed E-state index contributed by atoms with van der Waals surface area (Å²) in [7, 11) is 0. The topological polar surface area (TPSA) is 117 Å². The van der Waals surface area contributed by atoms with Gasteiger partial charge in [-0.1, -0.05) is 18.2 Å². The third kappa shape index (κ3) is 4.14. The monoisotopic (exact) mass is 387 g/mol. The van der Waals surface area contributed by atoms with E-state index in [1.54, 1.807) is 6.92 Å². The number of aromatic amines is 1. The van der Waals surface area contributed by atoms with Crippen molar-refractivity contribution in [1.82, 2.24) is 4.98 Å². The number of aromatic nitrogens is 1. The van der Waals surface area contributed by atoms with Crippen molar-refractivity contribution in [2.45, 2.75) is 17.6 Å². The van der Waals surface area contributed by atoms with Crippen LogP contribution in [0.5, 0.6) is 5.75 Å². The summed E-state index contributed by atoms with van der Waals surface area (Å²) in [5, 5.41) is 20.4. The SMILES string of the molecule is CCOC(=O)c1c(CSc2ccccc2)[nH]c2cc(N[N+](=O)[O-])c(O)cc12. The van der Waals surface area contributed by atoms with Gasteiger partial charge in [-0.2, -0.15) is 0 Å². The maximum absolute atomic E-state index is 12.5. The molecule has 0 atom stereocenters. The Morgan fingerprint density at radius 1 is 1.33 bits per heavy atom. The molecule has 0 amide bonds. The number of aromatic hydroxyl groups is 1. The average Bonchev–Trinajstić information content (AvgIpc) is 2.98. The molecule has 1 heterocycles. The Hall–Kier alpha value is -3.20. The molecule has 0 radical (unpaired) electrons. The molecule has 0 fully saturated rings. The van der Waals surface area contributed by atoms with Gasteiger partial charge < -0.3 is 14.8 Å². The van der Waals surface area contributed by atoms with Gasteiger partial charge in [0.05, 0.1) is 12.2 Å². The maximum Gasteiger partial charge on any atom is 0.340 e. The summed E-state index contributed by atoms with van der Waals surface area (Å²) in [4.78, 5) is 27.3. The van der Waals surface area contributed by atoms with E-state index in [0.29, 0.717) is 27.9 Å². The summed E-state index contributed by atoms with van der Waals surface area (Å²) in [5.74, 6) is -0.376. The number of ether oxygens (including phenoxy) is 1. The molecule has 9 heteroatoms. The van der Waals surface area contributed by atoms with Crippen LogP contribution in [0, 0.1) is 10.1 Å². The second-order valence-corrected chi connectivity index (χ2v) is 6.63. The van der Waals surface area contributed by atoms with Gasteiger partial charge in [0.2, 0.25) is 0 Å². The molecule has 0 saturated carbocycles. The second kappa shape index (κ2) is 8.00. The average molecular weight is 387 g/mol. The third-order valence-electron chi connectivity index (χ3n) is 3.81. The number of nitro groups is 1. The normalized spacial score (nSPS) is 10.7. The van der Waals surface area contributed by atoms with Crippen molar-refractivity contribution in [2.24, 2.45) is 0 Å². The summed E-state index contributed by atoms with van der Waals surface area (Å²) in [5.41, 5.74) is 3.30. The van der Waals surface area contributed by atoms with Crippen LogP contribution in [0.4, 0.5) is 5.69 Å². The highest BCUT2D eigenvalue weighted by Gasteiger charge is 2.22. The first-order chi connectivity index (χ1) is 13.0. The Kier molecular flexibility index (Phi) is 5.51. The first-order valence-electron chi connectivity index (χ1n) is 8.13. The van der Waals surface area contributed by atoms with Crippen molar-refractivity contribution in [2.75, 3.05) is 12.0 Å². The molecule has 2 aromatic carbocycles. The van der Waals surface area contributed by atoms with Crippen molar-refractivity contribution in [1.29, 1.82) is 0 Å². The molecule has 3 rings (SSSR count). The van der Waals surface area contributed by atoms with E-state index in [9.17, 15) is 20.0 Å². The van der Waals surface area contributed by atoms with Gasteiger partial charge in [-0.3, -0.25) is 0 Å². The maximum atomic E-state index is 12.5. The minimum Gasteiger partial charge on any atom is -0.506 e. The van der Waals surface area contributed by atoms with Gasteiger partial charge in [-0.15, -0.1) is 17.2 Å². The van der Waals surface area contributed by atoms with Gasteiger partial charge in [0, 0.05) is 27.2 Å². The van der Waals surface area contributed by atoms with E-state index in [0.717, 1.165) is 4.90 Å². The quantitative estimate of drug-likeness (QED) is 0.185. The first kappa shape index (κ1) is 18.6. The standard InChI is InChI=1S/C18H17N3O5S/c1-2-26-18(23)17-12-8-16(22)14(20-21(24)25)9-13(12)19-15(17)10-27-11-6-4-3-5-7-11/h3-9,19-20,22H,2,10H2,1H3. The van der Waals surface area contributed by atoms with Crippen LogP contribution in [0.1, 0.15) is 23.0 Å². The number of carbonyl (C=O) groups excluding carboxylic acids is 1. The number of esters is 1. The van der Waals surface area contributed by atoms with E-state index < -0.39 is 11.0 Å². The van der Waals surface area contributed by atoms with Crippen molar-refractivity contribution in [3.05, 3.63) is 63.8 Å². The fourth-order valence-electron chi connectivity index (χ4n) is 2.69. The lowest BCUT2D eigenvalue weighted by Gasteiger charge is -2.05. The minimum absolute atomic E-state index is 0.0635. The molecular formula is C18H17N3O5S. The molecule has 3 aromatic rings. The van der Waals surface area contributed by atoms with Crippen LogP contribution < -0.4 is 5.43 Å². The van der Waals surface area contributed by atoms with Gasteiger partial charge in [-0.05, 0) is 31.2 Å². The van der Waals surface area contributed by atoms with Crippen LogP contribution in [0.2, 0.25) is 0 Å². The number of hydrazine groups is 1. The highest BCUT2D eigenvalue weighted by molar-refractivity contribution is 7.98. The number of hydrogen-bond donors (Lipinski definition) is 3. The molecule has 1 aromatic heterocycles. The van der Waals surface area contributed by atoms with E-state index in [-0.39, 0.29) is 18.0 Å². The molecule has 0 unspecified atom stereocenters. The van der Waals surface area contributed by atoms with Gasteiger partial charge >= 0.3 is 5.97 Å². The van der Waals surface area contributed by atoms with Gasteiger partial charge in [0.15, 0.2) is 5.03 Å². The zero-order valence-electron chi connectivity index (χ0n) is 14.4. The molecule has 0 saturated heterocycles. The summed E-state index contributed by atoms with van der Waals surface area (Å²) in [6.45, 7) is 1.92. The Bertz CT molecular complexity index is 988. The number of H-pyrrole nitrogens is 1. The van der Waals surface area contributed by atoms with E-state index in [4.69, 9.17) is 4.74 Å². The van der Waals surface area contributed by atoms with E-state index in [1.165, 1.54) is 23.9 Å². The Morgan fingerprint density at radius 3 is 2.74 bits per heavy atom. The van der Waals surface area contributed by atoms with Crippen molar-refractivity contribution in [3.8, 4) is 5.75 Å². The van der Waals surface area contributed by atoms with Crippen LogP contribution in [0.15, 0.2) is 47.4 Å². The zero-order chi connectivity index (χ0) is 19.4.